The van der Waals surface area contributed by atoms with Crippen molar-refractivity contribution in [3.05, 3.63) is 42.0 Å². The smallest absolute Gasteiger partial charge is 0.152 e. The molecule has 6 heteroatoms. The van der Waals surface area contributed by atoms with E-state index in [-0.39, 0.29) is 5.84 Å². The number of para-hydroxylation sites is 1. The highest BCUT2D eigenvalue weighted by atomic mass is 15.3. The predicted octanol–water partition coefficient (Wildman–Crippen LogP) is 0.582. The third kappa shape index (κ3) is 1.71. The van der Waals surface area contributed by atoms with Crippen molar-refractivity contribution in [2.75, 3.05) is 11.4 Å². The zero-order valence-electron chi connectivity index (χ0n) is 9.87. The molecule has 0 amide bonds. The van der Waals surface area contributed by atoms with Crippen LogP contribution in [0.15, 0.2) is 30.6 Å². The van der Waals surface area contributed by atoms with Crippen molar-refractivity contribution in [1.29, 1.82) is 5.41 Å². The summed E-state index contributed by atoms with van der Waals surface area (Å²) in [6.07, 6.45) is 1.75. The number of hydrogen-bond donors (Lipinski definition) is 2. The number of nitrogens with two attached hydrogens (primary N) is 1. The van der Waals surface area contributed by atoms with Crippen LogP contribution >= 0.6 is 0 Å². The lowest BCUT2D eigenvalue weighted by molar-refractivity contribution is 0.560. The van der Waals surface area contributed by atoms with Crippen molar-refractivity contribution >= 4 is 11.5 Å². The van der Waals surface area contributed by atoms with Gasteiger partial charge in [-0.2, -0.15) is 0 Å². The van der Waals surface area contributed by atoms with E-state index in [1.807, 2.05) is 28.8 Å². The summed E-state index contributed by atoms with van der Waals surface area (Å²) in [6, 6.07) is 7.72. The van der Waals surface area contributed by atoms with E-state index < -0.39 is 0 Å². The normalized spacial score (nSPS) is 14.3. The monoisotopic (exact) mass is 242 g/mol. The fourth-order valence-electron chi connectivity index (χ4n) is 2.25. The van der Waals surface area contributed by atoms with Crippen LogP contribution in [0.4, 0.5) is 5.69 Å². The molecule has 2 aromatic rings. The first-order valence-electron chi connectivity index (χ1n) is 5.81. The van der Waals surface area contributed by atoms with Crippen molar-refractivity contribution in [3.8, 4) is 0 Å². The van der Waals surface area contributed by atoms with Crippen LogP contribution in [0.3, 0.4) is 0 Å². The van der Waals surface area contributed by atoms with Gasteiger partial charge in [-0.3, -0.25) is 5.41 Å². The molecule has 0 bridgehead atoms. The molecular formula is C12H14N6. The molecule has 1 aromatic heterocycles. The molecule has 1 aromatic carbocycles. The zero-order valence-corrected chi connectivity index (χ0v) is 9.87. The van der Waals surface area contributed by atoms with Gasteiger partial charge >= 0.3 is 0 Å². The van der Waals surface area contributed by atoms with Gasteiger partial charge in [-0.05, 0) is 12.1 Å². The summed E-state index contributed by atoms with van der Waals surface area (Å²) >= 11 is 0. The highest BCUT2D eigenvalue weighted by Crippen LogP contribution is 2.23. The molecule has 6 nitrogen and oxygen atoms in total. The van der Waals surface area contributed by atoms with E-state index in [0.29, 0.717) is 6.54 Å². The Hall–Kier alpha value is -2.37. The number of aromatic nitrogens is 3. The molecule has 0 aliphatic carbocycles. The quantitative estimate of drug-likeness (QED) is 0.596. The number of nitrogens with zero attached hydrogens (tertiary/aromatic N) is 4. The molecule has 3 N–H and O–H groups in total. The highest BCUT2D eigenvalue weighted by Gasteiger charge is 2.20. The fourth-order valence-corrected chi connectivity index (χ4v) is 2.25. The number of nitrogen functional groups attached to an aromatic ring is 1. The molecule has 0 fully saturated rings. The molecule has 0 unspecified atom stereocenters. The Bertz CT molecular complexity index is 588. The van der Waals surface area contributed by atoms with E-state index >= 15 is 0 Å². The van der Waals surface area contributed by atoms with Crippen LogP contribution in [0.1, 0.15) is 11.4 Å². The maximum Gasteiger partial charge on any atom is 0.152 e. The SMILES string of the molecule is N=C(N)c1ccccc1N1CCn2cnnc2C1. The maximum absolute atomic E-state index is 7.63. The van der Waals surface area contributed by atoms with Crippen LogP contribution in [-0.4, -0.2) is 27.1 Å². The predicted molar refractivity (Wildman–Crippen MR) is 68.5 cm³/mol. The standard InChI is InChI=1S/C12H14N6/c13-12(14)9-3-1-2-4-10(9)17-5-6-18-8-15-16-11(18)7-17/h1-4,8H,5-7H2,(H3,13,14). The summed E-state index contributed by atoms with van der Waals surface area (Å²) in [5.74, 6) is 1.04. The molecule has 2 heterocycles. The summed E-state index contributed by atoms with van der Waals surface area (Å²) in [4.78, 5) is 2.18. The van der Waals surface area contributed by atoms with Crippen molar-refractivity contribution in [2.45, 2.75) is 13.1 Å². The summed E-state index contributed by atoms with van der Waals surface area (Å²) in [6.45, 7) is 2.42. The molecule has 1 aliphatic rings. The van der Waals surface area contributed by atoms with Gasteiger partial charge < -0.3 is 15.2 Å². The van der Waals surface area contributed by atoms with Crippen LogP contribution in [0.25, 0.3) is 0 Å². The first-order valence-corrected chi connectivity index (χ1v) is 5.81. The second kappa shape index (κ2) is 4.14. The Morgan fingerprint density at radius 1 is 1.28 bits per heavy atom. The third-order valence-corrected chi connectivity index (χ3v) is 3.17. The first-order chi connectivity index (χ1) is 8.75. The number of anilines is 1. The summed E-state index contributed by atoms with van der Waals surface area (Å²) in [5, 5.41) is 15.6. The van der Waals surface area contributed by atoms with Crippen molar-refractivity contribution in [1.82, 2.24) is 14.8 Å². The number of amidine groups is 1. The molecule has 18 heavy (non-hydrogen) atoms. The average Bonchev–Trinajstić information content (AvgIpc) is 2.85. The van der Waals surface area contributed by atoms with Gasteiger partial charge in [-0.15, -0.1) is 10.2 Å². The van der Waals surface area contributed by atoms with Gasteiger partial charge in [0.15, 0.2) is 5.82 Å². The van der Waals surface area contributed by atoms with E-state index in [2.05, 4.69) is 15.1 Å². The second-order valence-corrected chi connectivity index (χ2v) is 4.29. The summed E-state index contributed by atoms with van der Waals surface area (Å²) in [7, 11) is 0. The number of hydrogen-bond acceptors (Lipinski definition) is 4. The van der Waals surface area contributed by atoms with Crippen LogP contribution in [0.5, 0.6) is 0 Å². The minimum Gasteiger partial charge on any atom is -0.384 e. The van der Waals surface area contributed by atoms with Crippen LogP contribution < -0.4 is 10.6 Å². The number of benzene rings is 1. The fraction of sp³-hybridized carbons (Fsp3) is 0.250. The lowest BCUT2D eigenvalue weighted by Crippen LogP contribution is -2.35. The topological polar surface area (TPSA) is 83.8 Å². The molecule has 0 saturated carbocycles. The number of rotatable bonds is 2. The Kier molecular flexibility index (Phi) is 2.47. The second-order valence-electron chi connectivity index (χ2n) is 4.29. The molecule has 0 atom stereocenters. The van der Waals surface area contributed by atoms with E-state index in [1.165, 1.54) is 0 Å². The van der Waals surface area contributed by atoms with E-state index in [0.717, 1.165) is 30.2 Å². The minimum absolute atomic E-state index is 0.0950. The van der Waals surface area contributed by atoms with E-state index in [9.17, 15) is 0 Å². The Balaban J connectivity index is 1.95. The van der Waals surface area contributed by atoms with Gasteiger partial charge in [-0.25, -0.2) is 0 Å². The van der Waals surface area contributed by atoms with Crippen molar-refractivity contribution in [3.63, 3.8) is 0 Å². The summed E-state index contributed by atoms with van der Waals surface area (Å²) < 4.78 is 2.05. The number of fused-ring (bicyclic) bond motifs is 1. The zero-order chi connectivity index (χ0) is 12.5. The van der Waals surface area contributed by atoms with Crippen LogP contribution in [-0.2, 0) is 13.1 Å². The maximum atomic E-state index is 7.63. The molecule has 0 radical (unpaired) electrons. The first kappa shape index (κ1) is 10.8. The molecular weight excluding hydrogens is 228 g/mol. The molecule has 0 spiro atoms. The van der Waals surface area contributed by atoms with Crippen molar-refractivity contribution in [2.24, 2.45) is 5.73 Å². The lowest BCUT2D eigenvalue weighted by atomic mass is 10.1. The molecule has 0 saturated heterocycles. The summed E-state index contributed by atoms with van der Waals surface area (Å²) in [5.41, 5.74) is 7.37. The van der Waals surface area contributed by atoms with E-state index in [4.69, 9.17) is 11.1 Å². The van der Waals surface area contributed by atoms with Crippen LogP contribution in [0, 0.1) is 5.41 Å². The third-order valence-electron chi connectivity index (χ3n) is 3.17. The van der Waals surface area contributed by atoms with Gasteiger partial charge in [-0.1, -0.05) is 12.1 Å². The van der Waals surface area contributed by atoms with E-state index in [1.54, 1.807) is 6.33 Å². The Morgan fingerprint density at radius 2 is 2.11 bits per heavy atom. The lowest BCUT2D eigenvalue weighted by Gasteiger charge is -2.30. The van der Waals surface area contributed by atoms with Crippen molar-refractivity contribution < 1.29 is 0 Å². The Morgan fingerprint density at radius 3 is 2.94 bits per heavy atom. The van der Waals surface area contributed by atoms with Gasteiger partial charge in [0.25, 0.3) is 0 Å². The van der Waals surface area contributed by atoms with Gasteiger partial charge in [0.05, 0.1) is 6.54 Å². The van der Waals surface area contributed by atoms with Gasteiger partial charge in [0.1, 0.15) is 12.2 Å². The molecule has 92 valence electrons. The highest BCUT2D eigenvalue weighted by molar-refractivity contribution is 6.00. The minimum atomic E-state index is 0.0950. The number of nitrogens with one attached hydrogen (secondary N) is 1. The largest absolute Gasteiger partial charge is 0.384 e. The molecule has 3 rings (SSSR count). The molecule has 1 aliphatic heterocycles. The van der Waals surface area contributed by atoms with Gasteiger partial charge in [0, 0.05) is 24.3 Å². The van der Waals surface area contributed by atoms with Crippen LogP contribution in [0.2, 0.25) is 0 Å². The van der Waals surface area contributed by atoms with Gasteiger partial charge in [0.2, 0.25) is 0 Å². The Labute approximate surface area is 105 Å². The average molecular weight is 242 g/mol.